The van der Waals surface area contributed by atoms with E-state index < -0.39 is 0 Å². The number of hydrogen-bond acceptors (Lipinski definition) is 3. The molecule has 1 unspecified atom stereocenters. The van der Waals surface area contributed by atoms with Gasteiger partial charge in [0.15, 0.2) is 0 Å². The molecular weight excluding hydrogens is 264 g/mol. The van der Waals surface area contributed by atoms with Crippen LogP contribution in [0.1, 0.15) is 28.3 Å². The molecule has 1 aliphatic rings. The van der Waals surface area contributed by atoms with Crippen LogP contribution in [0, 0.1) is 0 Å². The summed E-state index contributed by atoms with van der Waals surface area (Å²) in [5.41, 5.74) is 7.80. The quantitative estimate of drug-likeness (QED) is 0.678. The zero-order chi connectivity index (χ0) is 14.8. The van der Waals surface area contributed by atoms with Gasteiger partial charge in [-0.15, -0.1) is 0 Å². The molecule has 4 heteroatoms. The number of imide groups is 1. The average Bonchev–Trinajstić information content (AvgIpc) is 2.90. The topological polar surface area (TPSA) is 63.4 Å². The number of nitrogen functional groups attached to an aromatic ring is 1. The van der Waals surface area contributed by atoms with Crippen molar-refractivity contribution in [1.82, 2.24) is 4.90 Å². The second-order valence-corrected chi connectivity index (χ2v) is 5.24. The van der Waals surface area contributed by atoms with Gasteiger partial charge in [-0.05, 0) is 29.8 Å². The van der Waals surface area contributed by atoms with Crippen molar-refractivity contribution in [3.8, 4) is 0 Å². The van der Waals surface area contributed by atoms with Crippen molar-refractivity contribution in [2.24, 2.45) is 0 Å². The molecule has 1 atom stereocenters. The van der Waals surface area contributed by atoms with Crippen LogP contribution in [0.2, 0.25) is 0 Å². The average molecular weight is 280 g/mol. The van der Waals surface area contributed by atoms with Crippen molar-refractivity contribution in [2.75, 3.05) is 12.3 Å². The number of hydrogen-bond donors (Lipinski definition) is 1. The van der Waals surface area contributed by atoms with Crippen LogP contribution in [0.15, 0.2) is 54.6 Å². The highest BCUT2D eigenvalue weighted by atomic mass is 16.2. The van der Waals surface area contributed by atoms with E-state index in [0.29, 0.717) is 24.2 Å². The summed E-state index contributed by atoms with van der Waals surface area (Å²) in [6.45, 7) is 0.437. The lowest BCUT2D eigenvalue weighted by molar-refractivity contribution is -0.125. The number of rotatable bonds is 2. The van der Waals surface area contributed by atoms with E-state index in [0.717, 1.165) is 5.56 Å². The van der Waals surface area contributed by atoms with Crippen molar-refractivity contribution in [2.45, 2.75) is 12.3 Å². The predicted octanol–water partition coefficient (Wildman–Crippen LogP) is 2.43. The van der Waals surface area contributed by atoms with Gasteiger partial charge >= 0.3 is 0 Å². The fourth-order valence-corrected chi connectivity index (χ4v) is 2.63. The molecule has 2 amide bonds. The van der Waals surface area contributed by atoms with E-state index in [2.05, 4.69) is 0 Å². The first-order valence-electron chi connectivity index (χ1n) is 6.90. The van der Waals surface area contributed by atoms with Gasteiger partial charge in [-0.1, -0.05) is 30.3 Å². The minimum absolute atomic E-state index is 0.0800. The van der Waals surface area contributed by atoms with E-state index in [1.807, 2.05) is 30.3 Å². The van der Waals surface area contributed by atoms with Gasteiger partial charge in [0.1, 0.15) is 0 Å². The molecule has 21 heavy (non-hydrogen) atoms. The molecule has 2 aromatic rings. The first-order valence-corrected chi connectivity index (χ1v) is 6.90. The van der Waals surface area contributed by atoms with Crippen molar-refractivity contribution >= 4 is 17.5 Å². The number of carbonyl (C=O) groups is 2. The minimum atomic E-state index is -0.251. The van der Waals surface area contributed by atoms with E-state index in [1.54, 1.807) is 24.3 Å². The Bertz CT molecular complexity index is 665. The molecule has 0 aromatic heterocycles. The molecule has 0 bridgehead atoms. The summed E-state index contributed by atoms with van der Waals surface area (Å²) in [5, 5.41) is 0. The van der Waals surface area contributed by atoms with Gasteiger partial charge in [-0.25, -0.2) is 0 Å². The van der Waals surface area contributed by atoms with E-state index in [-0.39, 0.29) is 17.7 Å². The maximum Gasteiger partial charge on any atom is 0.260 e. The van der Waals surface area contributed by atoms with Gasteiger partial charge in [-0.3, -0.25) is 14.5 Å². The number of anilines is 1. The highest BCUT2D eigenvalue weighted by molar-refractivity contribution is 6.06. The normalized spacial score (nSPS) is 18.0. The lowest BCUT2D eigenvalue weighted by Crippen LogP contribution is -2.32. The standard InChI is InChI=1S/C17H16N2O2/c18-15-8-6-13(7-9-15)17(21)19-11-14(10-16(19)20)12-4-2-1-3-5-12/h1-9,14H,10-11,18H2. The number of nitrogens with zero attached hydrogens (tertiary/aromatic N) is 1. The highest BCUT2D eigenvalue weighted by Crippen LogP contribution is 2.29. The third-order valence-corrected chi connectivity index (χ3v) is 3.80. The molecule has 1 aliphatic heterocycles. The van der Waals surface area contributed by atoms with Crippen LogP contribution in [-0.2, 0) is 4.79 Å². The van der Waals surface area contributed by atoms with Crippen molar-refractivity contribution in [3.63, 3.8) is 0 Å². The van der Waals surface area contributed by atoms with E-state index in [1.165, 1.54) is 4.90 Å². The Morgan fingerprint density at radius 1 is 1.05 bits per heavy atom. The number of carbonyl (C=O) groups excluding carboxylic acids is 2. The molecule has 106 valence electrons. The number of nitrogens with two attached hydrogens (primary N) is 1. The molecule has 1 heterocycles. The maximum atomic E-state index is 12.4. The molecule has 1 saturated heterocycles. The van der Waals surface area contributed by atoms with E-state index in [9.17, 15) is 9.59 Å². The Morgan fingerprint density at radius 3 is 2.38 bits per heavy atom. The molecule has 2 N–H and O–H groups in total. The van der Waals surface area contributed by atoms with Gasteiger partial charge in [0.2, 0.25) is 5.91 Å². The fraction of sp³-hybridized carbons (Fsp3) is 0.176. The zero-order valence-corrected chi connectivity index (χ0v) is 11.5. The highest BCUT2D eigenvalue weighted by Gasteiger charge is 2.34. The van der Waals surface area contributed by atoms with E-state index >= 15 is 0 Å². The number of benzene rings is 2. The third-order valence-electron chi connectivity index (χ3n) is 3.80. The Morgan fingerprint density at radius 2 is 1.71 bits per heavy atom. The van der Waals surface area contributed by atoms with Crippen LogP contribution in [0.3, 0.4) is 0 Å². The van der Waals surface area contributed by atoms with Crippen LogP contribution in [0.4, 0.5) is 5.69 Å². The molecule has 4 nitrogen and oxygen atoms in total. The third kappa shape index (κ3) is 2.65. The van der Waals surface area contributed by atoms with Crippen molar-refractivity contribution in [1.29, 1.82) is 0 Å². The summed E-state index contributed by atoms with van der Waals surface area (Å²) < 4.78 is 0. The summed E-state index contributed by atoms with van der Waals surface area (Å²) in [7, 11) is 0. The Hall–Kier alpha value is -2.62. The summed E-state index contributed by atoms with van der Waals surface area (Å²) in [6.07, 6.45) is 0.380. The fourth-order valence-electron chi connectivity index (χ4n) is 2.63. The van der Waals surface area contributed by atoms with Crippen LogP contribution in [0.25, 0.3) is 0 Å². The molecule has 0 aliphatic carbocycles. The monoisotopic (exact) mass is 280 g/mol. The first-order chi connectivity index (χ1) is 10.1. The van der Waals surface area contributed by atoms with Crippen molar-refractivity contribution in [3.05, 3.63) is 65.7 Å². The summed E-state index contributed by atoms with van der Waals surface area (Å²) in [6, 6.07) is 16.5. The van der Waals surface area contributed by atoms with E-state index in [4.69, 9.17) is 5.73 Å². The second kappa shape index (κ2) is 5.40. The molecule has 1 fully saturated rings. The lowest BCUT2D eigenvalue weighted by atomic mass is 9.98. The Kier molecular flexibility index (Phi) is 3.44. The second-order valence-electron chi connectivity index (χ2n) is 5.24. The van der Waals surface area contributed by atoms with Gasteiger partial charge in [0.05, 0.1) is 0 Å². The lowest BCUT2D eigenvalue weighted by Gasteiger charge is -2.15. The Balaban J connectivity index is 1.79. The number of likely N-dealkylation sites (tertiary alicyclic amines) is 1. The van der Waals surface area contributed by atoms with Crippen LogP contribution in [-0.4, -0.2) is 23.3 Å². The van der Waals surface area contributed by atoms with Gasteiger partial charge in [0.25, 0.3) is 5.91 Å². The Labute approximate surface area is 123 Å². The van der Waals surface area contributed by atoms with Crippen LogP contribution < -0.4 is 5.73 Å². The van der Waals surface area contributed by atoms with Gasteiger partial charge in [-0.2, -0.15) is 0 Å². The van der Waals surface area contributed by atoms with Crippen LogP contribution >= 0.6 is 0 Å². The molecular formula is C17H16N2O2. The summed E-state index contributed by atoms with van der Waals surface area (Å²) >= 11 is 0. The SMILES string of the molecule is Nc1ccc(C(=O)N2CC(c3ccccc3)CC2=O)cc1. The minimum Gasteiger partial charge on any atom is -0.399 e. The van der Waals surface area contributed by atoms with Gasteiger partial charge < -0.3 is 5.73 Å². The number of amides is 2. The van der Waals surface area contributed by atoms with Crippen LogP contribution in [0.5, 0.6) is 0 Å². The maximum absolute atomic E-state index is 12.4. The molecule has 2 aromatic carbocycles. The zero-order valence-electron chi connectivity index (χ0n) is 11.5. The van der Waals surface area contributed by atoms with Crippen molar-refractivity contribution < 1.29 is 9.59 Å². The van der Waals surface area contributed by atoms with Gasteiger partial charge in [0, 0.05) is 30.1 Å². The first kappa shape index (κ1) is 13.4. The summed E-state index contributed by atoms with van der Waals surface area (Å²) in [5.74, 6) is -0.291. The smallest absolute Gasteiger partial charge is 0.260 e. The largest absolute Gasteiger partial charge is 0.399 e. The predicted molar refractivity (Wildman–Crippen MR) is 80.7 cm³/mol. The molecule has 0 radical (unpaired) electrons. The molecule has 3 rings (SSSR count). The molecule has 0 saturated carbocycles. The summed E-state index contributed by atoms with van der Waals surface area (Å²) in [4.78, 5) is 25.9. The molecule has 0 spiro atoms.